The van der Waals surface area contributed by atoms with E-state index in [2.05, 4.69) is 34.5 Å². The normalized spacial score (nSPS) is 19.0. The second kappa shape index (κ2) is 10.1. The second-order valence-corrected chi connectivity index (χ2v) is 9.76. The average Bonchev–Trinajstić information content (AvgIpc) is 2.87. The molecule has 2 aromatic carbocycles. The van der Waals surface area contributed by atoms with Crippen molar-refractivity contribution in [2.75, 3.05) is 18.0 Å². The number of anilines is 1. The van der Waals surface area contributed by atoms with E-state index < -0.39 is 5.92 Å². The molecule has 6 nitrogen and oxygen atoms in total. The summed E-state index contributed by atoms with van der Waals surface area (Å²) < 4.78 is 1.81. The van der Waals surface area contributed by atoms with Crippen molar-refractivity contribution in [1.29, 1.82) is 0 Å². The molecule has 1 aromatic heterocycles. The summed E-state index contributed by atoms with van der Waals surface area (Å²) in [6.45, 7) is 2.68. The number of benzene rings is 2. The van der Waals surface area contributed by atoms with Gasteiger partial charge in [-0.25, -0.2) is 0 Å². The van der Waals surface area contributed by atoms with Gasteiger partial charge in [-0.05, 0) is 54.5 Å². The first kappa shape index (κ1) is 23.4. The van der Waals surface area contributed by atoms with Crippen LogP contribution in [0.4, 0.5) is 5.69 Å². The van der Waals surface area contributed by atoms with Gasteiger partial charge in [-0.2, -0.15) is 0 Å². The van der Waals surface area contributed by atoms with Gasteiger partial charge in [0.2, 0.25) is 11.8 Å². The maximum absolute atomic E-state index is 12.4. The molecule has 0 aliphatic carbocycles. The van der Waals surface area contributed by atoms with Gasteiger partial charge in [-0.15, -0.1) is 0 Å². The molecule has 35 heavy (non-hydrogen) atoms. The summed E-state index contributed by atoms with van der Waals surface area (Å²) in [7, 11) is 0. The number of rotatable bonds is 5. The molecule has 1 atom stereocenters. The summed E-state index contributed by atoms with van der Waals surface area (Å²) in [6.07, 6.45) is 4.76. The highest BCUT2D eigenvalue weighted by Gasteiger charge is 2.30. The van der Waals surface area contributed by atoms with Gasteiger partial charge in [0.1, 0.15) is 0 Å². The number of aromatic nitrogens is 1. The molecule has 7 heteroatoms. The molecular formula is C28H28ClN3O3. The van der Waals surface area contributed by atoms with E-state index in [9.17, 15) is 14.4 Å². The Labute approximate surface area is 209 Å². The zero-order chi connectivity index (χ0) is 24.4. The van der Waals surface area contributed by atoms with Crippen LogP contribution in [0.25, 0.3) is 11.1 Å². The Balaban J connectivity index is 1.26. The van der Waals surface area contributed by atoms with E-state index >= 15 is 0 Å². The van der Waals surface area contributed by atoms with Gasteiger partial charge in [-0.1, -0.05) is 48.0 Å². The molecule has 1 N–H and O–H groups in total. The van der Waals surface area contributed by atoms with Crippen LogP contribution in [-0.4, -0.2) is 29.5 Å². The Morgan fingerprint density at radius 2 is 1.66 bits per heavy atom. The molecule has 180 valence electrons. The van der Waals surface area contributed by atoms with Gasteiger partial charge in [0, 0.05) is 49.6 Å². The highest BCUT2D eigenvalue weighted by atomic mass is 35.5. The van der Waals surface area contributed by atoms with Crippen molar-refractivity contribution in [3.8, 4) is 11.1 Å². The molecule has 3 aromatic rings. The molecule has 0 radical (unpaired) electrons. The van der Waals surface area contributed by atoms with Gasteiger partial charge < -0.3 is 9.47 Å². The number of amides is 2. The fourth-order valence-corrected chi connectivity index (χ4v) is 5.51. The summed E-state index contributed by atoms with van der Waals surface area (Å²) in [4.78, 5) is 38.3. The van der Waals surface area contributed by atoms with Crippen molar-refractivity contribution < 1.29 is 9.59 Å². The molecule has 2 amide bonds. The quantitative estimate of drug-likeness (QED) is 0.531. The minimum absolute atomic E-state index is 0.0610. The summed E-state index contributed by atoms with van der Waals surface area (Å²) in [6, 6.07) is 19.4. The SMILES string of the molecule is O=C1CCC(c2cccc(-c3ccc(N4CCC(Cn5ccccc5=O)CC4)cc3)c2Cl)C(=O)N1. The van der Waals surface area contributed by atoms with Crippen molar-refractivity contribution in [2.45, 2.75) is 38.1 Å². The number of hydrogen-bond acceptors (Lipinski definition) is 4. The van der Waals surface area contributed by atoms with E-state index in [0.717, 1.165) is 49.2 Å². The maximum atomic E-state index is 12.4. The van der Waals surface area contributed by atoms with Crippen LogP contribution in [0.15, 0.2) is 71.7 Å². The lowest BCUT2D eigenvalue weighted by atomic mass is 9.88. The number of pyridine rings is 1. The lowest BCUT2D eigenvalue weighted by Gasteiger charge is -2.34. The fourth-order valence-electron chi connectivity index (χ4n) is 5.15. The zero-order valence-electron chi connectivity index (χ0n) is 19.5. The number of halogens is 1. The van der Waals surface area contributed by atoms with E-state index in [1.165, 1.54) is 5.69 Å². The van der Waals surface area contributed by atoms with Crippen LogP contribution in [0.2, 0.25) is 5.02 Å². The van der Waals surface area contributed by atoms with E-state index in [1.54, 1.807) is 12.1 Å². The van der Waals surface area contributed by atoms with Gasteiger partial charge in [0.15, 0.2) is 0 Å². The molecule has 2 aliphatic heterocycles. The predicted molar refractivity (Wildman–Crippen MR) is 138 cm³/mol. The highest BCUT2D eigenvalue weighted by molar-refractivity contribution is 6.34. The standard InChI is InChI=1S/C28H28ClN3O3/c29-27-22(4-3-5-23(27)24-11-12-25(33)30-28(24)35)20-7-9-21(10-8-20)31-16-13-19(14-17-31)18-32-15-2-1-6-26(32)34/h1-10,15,19,24H,11-14,16-18H2,(H,30,33,35). The number of hydrogen-bond donors (Lipinski definition) is 1. The van der Waals surface area contributed by atoms with Gasteiger partial charge >= 0.3 is 0 Å². The number of carbonyl (C=O) groups is 2. The first-order valence-electron chi connectivity index (χ1n) is 12.1. The van der Waals surface area contributed by atoms with Crippen LogP contribution in [0, 0.1) is 5.92 Å². The Kier molecular flexibility index (Phi) is 6.73. The Morgan fingerprint density at radius 1 is 0.886 bits per heavy atom. The average molecular weight is 490 g/mol. The third-order valence-electron chi connectivity index (χ3n) is 7.16. The third kappa shape index (κ3) is 5.03. The third-order valence-corrected chi connectivity index (χ3v) is 7.58. The molecule has 5 rings (SSSR count). The van der Waals surface area contributed by atoms with Crippen LogP contribution in [0.3, 0.4) is 0 Å². The lowest BCUT2D eigenvalue weighted by molar-refractivity contribution is -0.134. The molecule has 2 fully saturated rings. The first-order valence-corrected chi connectivity index (χ1v) is 12.5. The van der Waals surface area contributed by atoms with Crippen LogP contribution >= 0.6 is 11.6 Å². The minimum Gasteiger partial charge on any atom is -0.372 e. The van der Waals surface area contributed by atoms with E-state index in [1.807, 2.05) is 35.0 Å². The summed E-state index contributed by atoms with van der Waals surface area (Å²) in [5.41, 5.74) is 3.86. The summed E-state index contributed by atoms with van der Waals surface area (Å²) in [5.74, 6) is -0.421. The molecule has 0 spiro atoms. The number of nitrogens with one attached hydrogen (secondary N) is 1. The van der Waals surface area contributed by atoms with Crippen LogP contribution in [0.5, 0.6) is 0 Å². The lowest BCUT2D eigenvalue weighted by Crippen LogP contribution is -2.39. The van der Waals surface area contributed by atoms with Crippen molar-refractivity contribution >= 4 is 29.1 Å². The van der Waals surface area contributed by atoms with E-state index in [4.69, 9.17) is 11.6 Å². The Morgan fingerprint density at radius 3 is 2.37 bits per heavy atom. The van der Waals surface area contributed by atoms with Crippen LogP contribution in [0.1, 0.15) is 37.2 Å². The number of nitrogens with zero attached hydrogens (tertiary/aromatic N) is 2. The van der Waals surface area contributed by atoms with Crippen molar-refractivity contribution in [2.24, 2.45) is 5.92 Å². The molecule has 0 bridgehead atoms. The highest BCUT2D eigenvalue weighted by Crippen LogP contribution is 2.37. The maximum Gasteiger partial charge on any atom is 0.250 e. The van der Waals surface area contributed by atoms with Gasteiger partial charge in [0.05, 0.1) is 10.9 Å². The molecule has 3 heterocycles. The number of imide groups is 1. The smallest absolute Gasteiger partial charge is 0.250 e. The monoisotopic (exact) mass is 489 g/mol. The van der Waals surface area contributed by atoms with Crippen molar-refractivity contribution in [3.63, 3.8) is 0 Å². The van der Waals surface area contributed by atoms with Gasteiger partial charge in [-0.3, -0.25) is 19.7 Å². The van der Waals surface area contributed by atoms with E-state index in [0.29, 0.717) is 23.8 Å². The molecular weight excluding hydrogens is 462 g/mol. The van der Waals surface area contributed by atoms with Gasteiger partial charge in [0.25, 0.3) is 5.56 Å². The zero-order valence-corrected chi connectivity index (χ0v) is 20.2. The number of carbonyl (C=O) groups excluding carboxylic acids is 2. The first-order chi connectivity index (χ1) is 17.0. The summed E-state index contributed by atoms with van der Waals surface area (Å²) in [5, 5.41) is 2.98. The largest absolute Gasteiger partial charge is 0.372 e. The summed E-state index contributed by atoms with van der Waals surface area (Å²) >= 11 is 6.76. The molecule has 1 unspecified atom stereocenters. The van der Waals surface area contributed by atoms with Crippen molar-refractivity contribution in [1.82, 2.24) is 9.88 Å². The fraction of sp³-hybridized carbons (Fsp3) is 0.321. The Hall–Kier alpha value is -3.38. The van der Waals surface area contributed by atoms with Crippen LogP contribution in [-0.2, 0) is 16.1 Å². The van der Waals surface area contributed by atoms with Crippen LogP contribution < -0.4 is 15.8 Å². The topological polar surface area (TPSA) is 71.4 Å². The second-order valence-electron chi connectivity index (χ2n) is 9.38. The predicted octanol–water partition coefficient (Wildman–Crippen LogP) is 4.61. The molecule has 2 aliphatic rings. The van der Waals surface area contributed by atoms with Crippen molar-refractivity contribution in [3.05, 3.63) is 87.8 Å². The van der Waals surface area contributed by atoms with E-state index in [-0.39, 0.29) is 17.4 Å². The molecule has 0 saturated carbocycles. The Bertz CT molecular complexity index is 1290. The number of piperidine rings is 2. The molecule has 2 saturated heterocycles. The minimum atomic E-state index is -0.410.